The summed E-state index contributed by atoms with van der Waals surface area (Å²) in [5.41, 5.74) is 0.603. The zero-order valence-corrected chi connectivity index (χ0v) is 12.6. The molecule has 19 heavy (non-hydrogen) atoms. The highest BCUT2D eigenvalue weighted by Crippen LogP contribution is 2.42. The molecular weight excluding hydrogens is 282 g/mol. The highest BCUT2D eigenvalue weighted by atomic mass is 32.2. The van der Waals surface area contributed by atoms with Crippen molar-refractivity contribution in [3.8, 4) is 0 Å². The van der Waals surface area contributed by atoms with Crippen LogP contribution in [0.3, 0.4) is 0 Å². The lowest BCUT2D eigenvalue weighted by Crippen LogP contribution is -2.45. The van der Waals surface area contributed by atoms with Crippen LogP contribution in [0.5, 0.6) is 0 Å². The molecule has 2 rings (SSSR count). The minimum absolute atomic E-state index is 0.0711. The first kappa shape index (κ1) is 14.8. The molecule has 1 fully saturated rings. The second kappa shape index (κ2) is 5.83. The Kier molecular flexibility index (Phi) is 4.55. The molecule has 0 atom stereocenters. The third-order valence-corrected chi connectivity index (χ3v) is 6.49. The number of hydrogen-bond acceptors (Lipinski definition) is 4. The van der Waals surface area contributed by atoms with E-state index in [1.54, 1.807) is 30.0 Å². The van der Waals surface area contributed by atoms with Gasteiger partial charge in [0.05, 0.1) is 11.5 Å². The zero-order valence-electron chi connectivity index (χ0n) is 10.9. The van der Waals surface area contributed by atoms with E-state index < -0.39 is 10.0 Å². The Labute approximate surface area is 118 Å². The van der Waals surface area contributed by atoms with E-state index in [0.717, 1.165) is 12.8 Å². The molecule has 106 valence electrons. The molecule has 0 aromatic heterocycles. The maximum atomic E-state index is 12.2. The Hall–Kier alpha value is -0.560. The minimum atomic E-state index is -3.49. The molecule has 1 aliphatic carbocycles. The number of aliphatic hydroxyl groups excluding tert-OH is 1. The van der Waals surface area contributed by atoms with E-state index >= 15 is 0 Å². The molecule has 0 spiro atoms. The van der Waals surface area contributed by atoms with Gasteiger partial charge in [0.25, 0.3) is 0 Å². The number of sulfonamides is 1. The maximum absolute atomic E-state index is 12.2. The summed E-state index contributed by atoms with van der Waals surface area (Å²) in [6, 6.07) is 6.41. The van der Waals surface area contributed by atoms with Crippen LogP contribution in [0.2, 0.25) is 0 Å². The highest BCUT2D eigenvalue weighted by molar-refractivity contribution is 8.00. The first-order valence-corrected chi connectivity index (χ1v) is 8.97. The van der Waals surface area contributed by atoms with E-state index in [1.807, 2.05) is 6.26 Å². The van der Waals surface area contributed by atoms with Crippen LogP contribution < -0.4 is 4.72 Å². The van der Waals surface area contributed by atoms with Gasteiger partial charge in [-0.25, -0.2) is 13.1 Å². The van der Waals surface area contributed by atoms with Crippen LogP contribution in [0.25, 0.3) is 0 Å². The standard InChI is InChI=1S/C13H19NO3S2/c1-18-13(6-3-7-13)10-14-19(16,17)12-5-2-4-11(8-12)9-15/h2,4-5,8,14-15H,3,6-7,9-10H2,1H3. The van der Waals surface area contributed by atoms with Crippen LogP contribution in [0.4, 0.5) is 0 Å². The average Bonchev–Trinajstić information content (AvgIpc) is 2.38. The van der Waals surface area contributed by atoms with Crippen molar-refractivity contribution < 1.29 is 13.5 Å². The van der Waals surface area contributed by atoms with Crippen LogP contribution in [-0.2, 0) is 16.6 Å². The summed E-state index contributed by atoms with van der Waals surface area (Å²) < 4.78 is 27.2. The van der Waals surface area contributed by atoms with Gasteiger partial charge in [0.2, 0.25) is 10.0 Å². The van der Waals surface area contributed by atoms with Gasteiger partial charge >= 0.3 is 0 Å². The molecule has 0 amide bonds. The second-order valence-corrected chi connectivity index (χ2v) is 7.91. The van der Waals surface area contributed by atoms with Gasteiger partial charge in [-0.05, 0) is 36.8 Å². The van der Waals surface area contributed by atoms with Crippen LogP contribution in [0, 0.1) is 0 Å². The molecule has 0 heterocycles. The van der Waals surface area contributed by atoms with Crippen molar-refractivity contribution >= 4 is 21.8 Å². The van der Waals surface area contributed by atoms with Crippen molar-refractivity contribution in [2.24, 2.45) is 0 Å². The fraction of sp³-hybridized carbons (Fsp3) is 0.538. The number of benzene rings is 1. The van der Waals surface area contributed by atoms with Gasteiger partial charge in [0, 0.05) is 11.3 Å². The van der Waals surface area contributed by atoms with E-state index in [9.17, 15) is 8.42 Å². The smallest absolute Gasteiger partial charge is 0.240 e. The van der Waals surface area contributed by atoms with Crippen molar-refractivity contribution in [1.82, 2.24) is 4.72 Å². The van der Waals surface area contributed by atoms with Gasteiger partial charge in [0.1, 0.15) is 0 Å². The SMILES string of the molecule is CSC1(CNS(=O)(=O)c2cccc(CO)c2)CCC1. The molecule has 1 aromatic carbocycles. The Balaban J connectivity index is 2.09. The Morgan fingerprint density at radius 2 is 2.16 bits per heavy atom. The van der Waals surface area contributed by atoms with E-state index in [0.29, 0.717) is 12.1 Å². The molecular formula is C13H19NO3S2. The maximum Gasteiger partial charge on any atom is 0.240 e. The molecule has 0 saturated heterocycles. The summed E-state index contributed by atoms with van der Waals surface area (Å²) >= 11 is 1.74. The topological polar surface area (TPSA) is 66.4 Å². The number of hydrogen-bond donors (Lipinski definition) is 2. The fourth-order valence-electron chi connectivity index (χ4n) is 2.15. The summed E-state index contributed by atoms with van der Waals surface area (Å²) in [6.07, 6.45) is 5.32. The lowest BCUT2D eigenvalue weighted by molar-refractivity contribution is 0.281. The van der Waals surface area contributed by atoms with Crippen LogP contribution in [0.1, 0.15) is 24.8 Å². The normalized spacial score (nSPS) is 18.0. The van der Waals surface area contributed by atoms with Crippen LogP contribution in [-0.4, -0.2) is 31.1 Å². The first-order valence-electron chi connectivity index (χ1n) is 6.26. The lowest BCUT2D eigenvalue weighted by atomic mass is 9.84. The highest BCUT2D eigenvalue weighted by Gasteiger charge is 2.37. The summed E-state index contributed by atoms with van der Waals surface area (Å²) in [5, 5.41) is 9.05. The molecule has 1 aromatic rings. The van der Waals surface area contributed by atoms with Crippen molar-refractivity contribution in [2.75, 3.05) is 12.8 Å². The molecule has 6 heteroatoms. The number of thioether (sulfide) groups is 1. The monoisotopic (exact) mass is 301 g/mol. The van der Waals surface area contributed by atoms with Crippen LogP contribution in [0.15, 0.2) is 29.2 Å². The summed E-state index contributed by atoms with van der Waals surface area (Å²) in [5.74, 6) is 0. The number of rotatable bonds is 6. The van der Waals surface area contributed by atoms with Crippen LogP contribution >= 0.6 is 11.8 Å². The van der Waals surface area contributed by atoms with Gasteiger partial charge in [-0.15, -0.1) is 0 Å². The van der Waals surface area contributed by atoms with Gasteiger partial charge in [-0.3, -0.25) is 0 Å². The molecule has 2 N–H and O–H groups in total. The third kappa shape index (κ3) is 3.31. The molecule has 0 bridgehead atoms. The largest absolute Gasteiger partial charge is 0.392 e. The van der Waals surface area contributed by atoms with Crippen molar-refractivity contribution in [2.45, 2.75) is 35.5 Å². The zero-order chi connectivity index (χ0) is 13.9. The number of nitrogens with one attached hydrogen (secondary N) is 1. The molecule has 4 nitrogen and oxygen atoms in total. The lowest BCUT2D eigenvalue weighted by Gasteiger charge is -2.40. The Bertz CT molecular complexity index is 533. The van der Waals surface area contributed by atoms with Gasteiger partial charge < -0.3 is 5.11 Å². The van der Waals surface area contributed by atoms with E-state index in [1.165, 1.54) is 12.5 Å². The van der Waals surface area contributed by atoms with Gasteiger partial charge in [0.15, 0.2) is 0 Å². The fourth-order valence-corrected chi connectivity index (χ4v) is 4.35. The molecule has 1 aliphatic rings. The average molecular weight is 301 g/mol. The third-order valence-electron chi connectivity index (χ3n) is 3.67. The number of aliphatic hydroxyl groups is 1. The molecule has 0 unspecified atom stereocenters. The van der Waals surface area contributed by atoms with Crippen molar-refractivity contribution in [3.63, 3.8) is 0 Å². The summed E-state index contributed by atoms with van der Waals surface area (Å²) in [7, 11) is -3.49. The van der Waals surface area contributed by atoms with Gasteiger partial charge in [-0.2, -0.15) is 11.8 Å². The molecule has 1 saturated carbocycles. The summed E-state index contributed by atoms with van der Waals surface area (Å²) in [6.45, 7) is 0.317. The Morgan fingerprint density at radius 1 is 1.42 bits per heavy atom. The minimum Gasteiger partial charge on any atom is -0.392 e. The van der Waals surface area contributed by atoms with E-state index in [4.69, 9.17) is 5.11 Å². The molecule has 0 aliphatic heterocycles. The first-order chi connectivity index (χ1) is 9.01. The second-order valence-electron chi connectivity index (χ2n) is 4.87. The van der Waals surface area contributed by atoms with Crippen molar-refractivity contribution in [3.05, 3.63) is 29.8 Å². The molecule has 0 radical (unpaired) electrons. The van der Waals surface area contributed by atoms with Crippen molar-refractivity contribution in [1.29, 1.82) is 0 Å². The van der Waals surface area contributed by atoms with E-state index in [2.05, 4.69) is 4.72 Å². The van der Waals surface area contributed by atoms with E-state index in [-0.39, 0.29) is 16.2 Å². The predicted molar refractivity (Wildman–Crippen MR) is 77.7 cm³/mol. The quantitative estimate of drug-likeness (QED) is 0.840. The van der Waals surface area contributed by atoms with Gasteiger partial charge in [-0.1, -0.05) is 18.6 Å². The summed E-state index contributed by atoms with van der Waals surface area (Å²) in [4.78, 5) is 0.217. The predicted octanol–water partition coefficient (Wildman–Crippen LogP) is 1.74. The Morgan fingerprint density at radius 3 is 2.68 bits per heavy atom.